The largest absolute Gasteiger partial charge is 0.325 e. The number of fused-ring (bicyclic) bond motifs is 1. The number of thiophene rings is 1. The fourth-order valence-corrected chi connectivity index (χ4v) is 3.98. The molecule has 78 valence electrons. The standard InChI is InChI=1S/C9H6Cl2N2S2/c10-7-3-5(8(11)15-7)6-4-13-1-2-14-9(13)12-6/h3-4H,1-2H2. The number of aromatic nitrogens is 2. The monoisotopic (exact) mass is 276 g/mol. The lowest BCUT2D eigenvalue weighted by Gasteiger charge is -1.92. The molecular formula is C9H6Cl2N2S2. The van der Waals surface area contributed by atoms with E-state index in [0.717, 1.165) is 28.7 Å². The molecule has 0 spiro atoms. The van der Waals surface area contributed by atoms with Crippen LogP contribution in [0.4, 0.5) is 0 Å². The Balaban J connectivity index is 2.09. The SMILES string of the molecule is Clc1cc(-c2cn3c(n2)SCC3)c(Cl)s1. The molecule has 3 rings (SSSR count). The van der Waals surface area contributed by atoms with E-state index < -0.39 is 0 Å². The van der Waals surface area contributed by atoms with E-state index in [9.17, 15) is 0 Å². The van der Waals surface area contributed by atoms with Crippen LogP contribution in [0.5, 0.6) is 0 Å². The molecule has 2 aromatic heterocycles. The maximum absolute atomic E-state index is 6.08. The van der Waals surface area contributed by atoms with E-state index in [0.29, 0.717) is 8.67 Å². The summed E-state index contributed by atoms with van der Waals surface area (Å²) < 4.78 is 3.57. The van der Waals surface area contributed by atoms with Crippen LogP contribution in [0.3, 0.4) is 0 Å². The topological polar surface area (TPSA) is 17.8 Å². The number of rotatable bonds is 1. The van der Waals surface area contributed by atoms with Crippen LogP contribution in [-0.2, 0) is 6.54 Å². The molecule has 0 aromatic carbocycles. The third-order valence-electron chi connectivity index (χ3n) is 2.24. The van der Waals surface area contributed by atoms with Crippen molar-refractivity contribution >= 4 is 46.3 Å². The summed E-state index contributed by atoms with van der Waals surface area (Å²) in [6, 6.07) is 1.87. The highest BCUT2D eigenvalue weighted by molar-refractivity contribution is 7.99. The predicted molar refractivity (Wildman–Crippen MR) is 66.3 cm³/mol. The Kier molecular flexibility index (Phi) is 2.47. The Hall–Kier alpha value is -0.160. The predicted octanol–water partition coefficient (Wildman–Crippen LogP) is 4.02. The Bertz CT molecular complexity index is 497. The Morgan fingerprint density at radius 2 is 2.27 bits per heavy atom. The Morgan fingerprint density at radius 3 is 2.93 bits per heavy atom. The van der Waals surface area contributed by atoms with Crippen LogP contribution in [0, 0.1) is 0 Å². The van der Waals surface area contributed by atoms with Gasteiger partial charge in [-0.2, -0.15) is 0 Å². The summed E-state index contributed by atoms with van der Waals surface area (Å²) in [5.41, 5.74) is 1.86. The van der Waals surface area contributed by atoms with Crippen LogP contribution >= 0.6 is 46.3 Å². The van der Waals surface area contributed by atoms with Crippen molar-refractivity contribution in [1.29, 1.82) is 0 Å². The molecule has 6 heteroatoms. The molecule has 0 saturated heterocycles. The molecule has 0 unspecified atom stereocenters. The molecule has 2 aromatic rings. The number of halogens is 2. The quantitative estimate of drug-likeness (QED) is 0.783. The number of hydrogen-bond acceptors (Lipinski definition) is 3. The van der Waals surface area contributed by atoms with E-state index >= 15 is 0 Å². The van der Waals surface area contributed by atoms with E-state index in [1.165, 1.54) is 11.3 Å². The average Bonchev–Trinajstić information content (AvgIpc) is 2.77. The van der Waals surface area contributed by atoms with Crippen LogP contribution < -0.4 is 0 Å². The van der Waals surface area contributed by atoms with Gasteiger partial charge in [0.15, 0.2) is 5.16 Å². The van der Waals surface area contributed by atoms with Gasteiger partial charge in [0.2, 0.25) is 0 Å². The normalized spacial score (nSPS) is 14.5. The van der Waals surface area contributed by atoms with Crippen molar-refractivity contribution in [3.63, 3.8) is 0 Å². The molecule has 1 aliphatic heterocycles. The summed E-state index contributed by atoms with van der Waals surface area (Å²) >= 11 is 15.1. The lowest BCUT2D eigenvalue weighted by atomic mass is 10.3. The van der Waals surface area contributed by atoms with Crippen molar-refractivity contribution in [3.05, 3.63) is 20.9 Å². The molecule has 0 saturated carbocycles. The molecule has 15 heavy (non-hydrogen) atoms. The number of aryl methyl sites for hydroxylation is 1. The van der Waals surface area contributed by atoms with Gasteiger partial charge in [0.05, 0.1) is 10.0 Å². The van der Waals surface area contributed by atoms with Crippen molar-refractivity contribution < 1.29 is 0 Å². The Morgan fingerprint density at radius 1 is 1.40 bits per heavy atom. The second kappa shape index (κ2) is 3.70. The van der Waals surface area contributed by atoms with Crippen LogP contribution in [-0.4, -0.2) is 15.3 Å². The van der Waals surface area contributed by atoms with Gasteiger partial charge in [0.1, 0.15) is 4.34 Å². The first-order chi connectivity index (χ1) is 7.24. The molecule has 0 N–H and O–H groups in total. The lowest BCUT2D eigenvalue weighted by Crippen LogP contribution is -1.89. The van der Waals surface area contributed by atoms with Gasteiger partial charge in [-0.25, -0.2) is 4.98 Å². The zero-order valence-electron chi connectivity index (χ0n) is 7.54. The minimum atomic E-state index is 0.704. The first-order valence-electron chi connectivity index (χ1n) is 4.39. The van der Waals surface area contributed by atoms with Gasteiger partial charge in [-0.15, -0.1) is 11.3 Å². The fourth-order valence-electron chi connectivity index (χ4n) is 1.55. The van der Waals surface area contributed by atoms with Crippen LogP contribution in [0.2, 0.25) is 8.67 Å². The van der Waals surface area contributed by atoms with Crippen molar-refractivity contribution in [2.24, 2.45) is 0 Å². The zero-order valence-corrected chi connectivity index (χ0v) is 10.7. The molecular weight excluding hydrogens is 271 g/mol. The van der Waals surface area contributed by atoms with Gasteiger partial charge in [-0.05, 0) is 6.07 Å². The molecule has 2 nitrogen and oxygen atoms in total. The number of imidazole rings is 1. The van der Waals surface area contributed by atoms with Gasteiger partial charge in [0.25, 0.3) is 0 Å². The van der Waals surface area contributed by atoms with Gasteiger partial charge in [-0.1, -0.05) is 35.0 Å². The molecule has 0 amide bonds. The minimum Gasteiger partial charge on any atom is -0.325 e. The molecule has 0 bridgehead atoms. The number of hydrogen-bond donors (Lipinski definition) is 0. The van der Waals surface area contributed by atoms with Gasteiger partial charge < -0.3 is 4.57 Å². The highest BCUT2D eigenvalue weighted by Crippen LogP contribution is 2.39. The van der Waals surface area contributed by atoms with Crippen molar-refractivity contribution in [1.82, 2.24) is 9.55 Å². The van der Waals surface area contributed by atoms with E-state index in [2.05, 4.69) is 9.55 Å². The summed E-state index contributed by atoms with van der Waals surface area (Å²) in [6.45, 7) is 1.03. The summed E-state index contributed by atoms with van der Waals surface area (Å²) in [5.74, 6) is 1.11. The fraction of sp³-hybridized carbons (Fsp3) is 0.222. The van der Waals surface area contributed by atoms with E-state index in [1.807, 2.05) is 12.3 Å². The van der Waals surface area contributed by atoms with E-state index in [-0.39, 0.29) is 0 Å². The number of thioether (sulfide) groups is 1. The maximum atomic E-state index is 6.08. The first-order valence-corrected chi connectivity index (χ1v) is 6.95. The molecule has 0 radical (unpaired) electrons. The van der Waals surface area contributed by atoms with Crippen molar-refractivity contribution in [3.8, 4) is 11.3 Å². The molecule has 0 atom stereocenters. The second-order valence-corrected chi connectivity index (χ2v) is 6.54. The third-order valence-corrected chi connectivity index (χ3v) is 4.69. The molecule has 3 heterocycles. The summed E-state index contributed by atoms with van der Waals surface area (Å²) in [4.78, 5) is 4.52. The average molecular weight is 277 g/mol. The smallest absolute Gasteiger partial charge is 0.168 e. The van der Waals surface area contributed by atoms with Gasteiger partial charge >= 0.3 is 0 Å². The zero-order chi connectivity index (χ0) is 10.4. The maximum Gasteiger partial charge on any atom is 0.168 e. The van der Waals surface area contributed by atoms with Gasteiger partial charge in [-0.3, -0.25) is 0 Å². The van der Waals surface area contributed by atoms with Crippen LogP contribution in [0.1, 0.15) is 0 Å². The summed E-state index contributed by atoms with van der Waals surface area (Å²) in [7, 11) is 0. The van der Waals surface area contributed by atoms with E-state index in [4.69, 9.17) is 23.2 Å². The molecule has 0 aliphatic carbocycles. The number of nitrogens with zero attached hydrogens (tertiary/aromatic N) is 2. The van der Waals surface area contributed by atoms with Crippen molar-refractivity contribution in [2.45, 2.75) is 11.7 Å². The lowest BCUT2D eigenvalue weighted by molar-refractivity contribution is 0.719. The van der Waals surface area contributed by atoms with Crippen molar-refractivity contribution in [2.75, 3.05) is 5.75 Å². The summed E-state index contributed by atoms with van der Waals surface area (Å²) in [6.07, 6.45) is 2.04. The molecule has 0 fully saturated rings. The second-order valence-electron chi connectivity index (χ2n) is 3.19. The molecule has 1 aliphatic rings. The highest BCUT2D eigenvalue weighted by atomic mass is 35.5. The Labute approximate surface area is 105 Å². The van der Waals surface area contributed by atoms with Crippen LogP contribution in [0.15, 0.2) is 17.4 Å². The van der Waals surface area contributed by atoms with Gasteiger partial charge in [0, 0.05) is 24.1 Å². The first kappa shape index (κ1) is 10.0. The summed E-state index contributed by atoms with van der Waals surface area (Å²) in [5, 5.41) is 1.07. The minimum absolute atomic E-state index is 0.704. The third kappa shape index (κ3) is 1.69. The van der Waals surface area contributed by atoms with E-state index in [1.54, 1.807) is 11.8 Å². The van der Waals surface area contributed by atoms with Crippen LogP contribution in [0.25, 0.3) is 11.3 Å². The highest BCUT2D eigenvalue weighted by Gasteiger charge is 2.17.